The van der Waals surface area contributed by atoms with Crippen LogP contribution in [0.15, 0.2) is 48.7 Å². The highest BCUT2D eigenvalue weighted by atomic mass is 16.1. The summed E-state index contributed by atoms with van der Waals surface area (Å²) in [6.07, 6.45) is 3.87. The second kappa shape index (κ2) is 5.97. The third-order valence-corrected chi connectivity index (χ3v) is 4.49. The summed E-state index contributed by atoms with van der Waals surface area (Å²) in [7, 11) is 0. The summed E-state index contributed by atoms with van der Waals surface area (Å²) in [5.74, 6) is -0.0341. The van der Waals surface area contributed by atoms with Gasteiger partial charge in [-0.2, -0.15) is 0 Å². The molecule has 1 aliphatic heterocycles. The normalized spacial score (nSPS) is 18.2. The Balaban J connectivity index is 1.79. The van der Waals surface area contributed by atoms with Crippen LogP contribution in [-0.2, 0) is 0 Å². The van der Waals surface area contributed by atoms with Gasteiger partial charge in [-0.3, -0.25) is 9.78 Å². The van der Waals surface area contributed by atoms with Gasteiger partial charge in [0.2, 0.25) is 0 Å². The van der Waals surface area contributed by atoms with E-state index in [4.69, 9.17) is 0 Å². The summed E-state index contributed by atoms with van der Waals surface area (Å²) in [6.45, 7) is 1.87. The first kappa shape index (κ1) is 14.2. The molecule has 1 amide bonds. The summed E-state index contributed by atoms with van der Waals surface area (Å²) in [6, 6.07) is 14.2. The molecule has 3 aromatic rings. The summed E-state index contributed by atoms with van der Waals surface area (Å²) in [4.78, 5) is 17.3. The molecule has 116 valence electrons. The smallest absolute Gasteiger partial charge is 0.253 e. The average Bonchev–Trinajstić information content (AvgIpc) is 2.62. The van der Waals surface area contributed by atoms with E-state index in [9.17, 15) is 4.79 Å². The lowest BCUT2D eigenvalue weighted by atomic mass is 9.99. The largest absolute Gasteiger partial charge is 0.348 e. The van der Waals surface area contributed by atoms with Crippen LogP contribution in [-0.4, -0.2) is 30.0 Å². The second-order valence-corrected chi connectivity index (χ2v) is 6.06. The minimum absolute atomic E-state index is 0.0341. The van der Waals surface area contributed by atoms with Gasteiger partial charge in [0, 0.05) is 24.2 Å². The molecule has 2 N–H and O–H groups in total. The van der Waals surface area contributed by atoms with E-state index in [1.54, 1.807) is 6.20 Å². The van der Waals surface area contributed by atoms with Crippen LogP contribution in [0.3, 0.4) is 0 Å². The standard InChI is InChI=1S/C19H19N3O/c23-19(22-14-6-3-9-20-12-14)17-11-13-5-1-2-7-15(13)16-8-4-10-21-18(16)17/h1-2,4-5,7-8,10-11,14,20H,3,6,9,12H2,(H,22,23)/t14-/m0/s1. The lowest BCUT2D eigenvalue weighted by Gasteiger charge is -2.24. The maximum Gasteiger partial charge on any atom is 0.253 e. The van der Waals surface area contributed by atoms with Gasteiger partial charge < -0.3 is 10.6 Å². The Morgan fingerprint density at radius 2 is 2.04 bits per heavy atom. The zero-order chi connectivity index (χ0) is 15.6. The van der Waals surface area contributed by atoms with Gasteiger partial charge in [-0.15, -0.1) is 0 Å². The zero-order valence-electron chi connectivity index (χ0n) is 12.9. The molecule has 1 aromatic heterocycles. The SMILES string of the molecule is O=C(N[C@H]1CCCNC1)c1cc2ccccc2c2cccnc12. The molecule has 0 aliphatic carbocycles. The van der Waals surface area contributed by atoms with Crippen LogP contribution < -0.4 is 10.6 Å². The van der Waals surface area contributed by atoms with Gasteiger partial charge in [-0.25, -0.2) is 0 Å². The van der Waals surface area contributed by atoms with Crippen molar-refractivity contribution in [1.82, 2.24) is 15.6 Å². The average molecular weight is 305 g/mol. The van der Waals surface area contributed by atoms with E-state index in [1.165, 1.54) is 0 Å². The molecule has 1 fully saturated rings. The number of amides is 1. The van der Waals surface area contributed by atoms with Gasteiger partial charge in [0.25, 0.3) is 5.91 Å². The molecular formula is C19H19N3O. The van der Waals surface area contributed by atoms with Crippen molar-refractivity contribution in [2.75, 3.05) is 13.1 Å². The summed E-state index contributed by atoms with van der Waals surface area (Å²) < 4.78 is 0. The number of fused-ring (bicyclic) bond motifs is 3. The van der Waals surface area contributed by atoms with Crippen LogP contribution in [0.2, 0.25) is 0 Å². The van der Waals surface area contributed by atoms with Crippen LogP contribution in [0, 0.1) is 0 Å². The predicted molar refractivity (Wildman–Crippen MR) is 92.6 cm³/mol. The van der Waals surface area contributed by atoms with E-state index < -0.39 is 0 Å². The van der Waals surface area contributed by atoms with E-state index in [0.717, 1.165) is 47.6 Å². The highest BCUT2D eigenvalue weighted by Crippen LogP contribution is 2.27. The molecule has 4 rings (SSSR count). The molecule has 23 heavy (non-hydrogen) atoms. The van der Waals surface area contributed by atoms with Crippen molar-refractivity contribution in [2.24, 2.45) is 0 Å². The van der Waals surface area contributed by atoms with Crippen molar-refractivity contribution in [2.45, 2.75) is 18.9 Å². The molecule has 0 unspecified atom stereocenters. The van der Waals surface area contributed by atoms with Crippen LogP contribution in [0.25, 0.3) is 21.7 Å². The number of nitrogens with one attached hydrogen (secondary N) is 2. The van der Waals surface area contributed by atoms with Gasteiger partial charge in [0.15, 0.2) is 0 Å². The molecular weight excluding hydrogens is 286 g/mol. The Labute approximate surface area is 134 Å². The fourth-order valence-corrected chi connectivity index (χ4v) is 3.34. The van der Waals surface area contributed by atoms with E-state index in [-0.39, 0.29) is 11.9 Å². The molecule has 0 radical (unpaired) electrons. The Bertz CT molecular complexity index is 869. The maximum absolute atomic E-state index is 12.8. The number of carbonyl (C=O) groups is 1. The van der Waals surface area contributed by atoms with E-state index >= 15 is 0 Å². The third kappa shape index (κ3) is 2.66. The van der Waals surface area contributed by atoms with Gasteiger partial charge in [-0.05, 0) is 42.3 Å². The molecule has 4 heteroatoms. The van der Waals surface area contributed by atoms with Crippen molar-refractivity contribution < 1.29 is 4.79 Å². The molecule has 0 spiro atoms. The lowest BCUT2D eigenvalue weighted by Crippen LogP contribution is -2.45. The van der Waals surface area contributed by atoms with Crippen LogP contribution in [0.1, 0.15) is 23.2 Å². The number of hydrogen-bond acceptors (Lipinski definition) is 3. The first-order chi connectivity index (χ1) is 11.3. The number of aromatic nitrogens is 1. The predicted octanol–water partition coefficient (Wildman–Crippen LogP) is 2.87. The van der Waals surface area contributed by atoms with Gasteiger partial charge in [0.1, 0.15) is 0 Å². The quantitative estimate of drug-likeness (QED) is 0.716. The van der Waals surface area contributed by atoms with Gasteiger partial charge in [0.05, 0.1) is 11.1 Å². The van der Waals surface area contributed by atoms with E-state index in [2.05, 4.69) is 21.7 Å². The molecule has 1 atom stereocenters. The fourth-order valence-electron chi connectivity index (χ4n) is 3.34. The van der Waals surface area contributed by atoms with Crippen molar-refractivity contribution in [3.05, 3.63) is 54.2 Å². The highest BCUT2D eigenvalue weighted by Gasteiger charge is 2.19. The molecule has 4 nitrogen and oxygen atoms in total. The van der Waals surface area contributed by atoms with Crippen molar-refractivity contribution >= 4 is 27.6 Å². The second-order valence-electron chi connectivity index (χ2n) is 6.06. The van der Waals surface area contributed by atoms with Crippen LogP contribution >= 0.6 is 0 Å². The summed E-state index contributed by atoms with van der Waals surface area (Å²) in [5.41, 5.74) is 1.43. The molecule has 0 bridgehead atoms. The number of benzene rings is 2. The molecule has 1 aliphatic rings. The van der Waals surface area contributed by atoms with Crippen molar-refractivity contribution in [3.8, 4) is 0 Å². The number of hydrogen-bond donors (Lipinski definition) is 2. The lowest BCUT2D eigenvalue weighted by molar-refractivity contribution is 0.0932. The molecule has 2 heterocycles. The first-order valence-electron chi connectivity index (χ1n) is 8.11. The highest BCUT2D eigenvalue weighted by molar-refractivity contribution is 6.15. The van der Waals surface area contributed by atoms with Crippen LogP contribution in [0.4, 0.5) is 0 Å². The minimum atomic E-state index is -0.0341. The Kier molecular flexibility index (Phi) is 3.67. The monoisotopic (exact) mass is 305 g/mol. The number of rotatable bonds is 2. The number of piperidine rings is 1. The Hall–Kier alpha value is -2.46. The summed E-state index contributed by atoms with van der Waals surface area (Å²) >= 11 is 0. The zero-order valence-corrected chi connectivity index (χ0v) is 12.9. The summed E-state index contributed by atoms with van der Waals surface area (Å²) in [5, 5.41) is 9.70. The Morgan fingerprint density at radius 1 is 1.17 bits per heavy atom. The van der Waals surface area contributed by atoms with E-state index in [1.807, 2.05) is 36.4 Å². The van der Waals surface area contributed by atoms with Crippen molar-refractivity contribution in [1.29, 1.82) is 0 Å². The molecule has 0 saturated carbocycles. The molecule has 2 aromatic carbocycles. The number of carbonyl (C=O) groups excluding carboxylic acids is 1. The van der Waals surface area contributed by atoms with Crippen LogP contribution in [0.5, 0.6) is 0 Å². The maximum atomic E-state index is 12.8. The van der Waals surface area contributed by atoms with Crippen molar-refractivity contribution in [3.63, 3.8) is 0 Å². The fraction of sp³-hybridized carbons (Fsp3) is 0.263. The van der Waals surface area contributed by atoms with Gasteiger partial charge >= 0.3 is 0 Å². The molecule has 1 saturated heterocycles. The topological polar surface area (TPSA) is 54.0 Å². The number of nitrogens with zero attached hydrogens (tertiary/aromatic N) is 1. The third-order valence-electron chi connectivity index (χ3n) is 4.49. The van der Waals surface area contributed by atoms with E-state index in [0.29, 0.717) is 5.56 Å². The van der Waals surface area contributed by atoms with Gasteiger partial charge in [-0.1, -0.05) is 30.3 Å². The minimum Gasteiger partial charge on any atom is -0.348 e. The first-order valence-corrected chi connectivity index (χ1v) is 8.11. The Morgan fingerprint density at radius 3 is 2.91 bits per heavy atom. The number of pyridine rings is 1.